The molecule has 0 radical (unpaired) electrons. The van der Waals surface area contributed by atoms with Gasteiger partial charge in [-0.2, -0.15) is 0 Å². The van der Waals surface area contributed by atoms with Crippen LogP contribution in [-0.2, 0) is 4.79 Å². The summed E-state index contributed by atoms with van der Waals surface area (Å²) in [5.74, 6) is 1.54. The number of benzene rings is 2. The lowest BCUT2D eigenvalue weighted by molar-refractivity contribution is -0.121. The van der Waals surface area contributed by atoms with Gasteiger partial charge in [0, 0.05) is 24.6 Å². The Morgan fingerprint density at radius 1 is 0.871 bits per heavy atom. The van der Waals surface area contributed by atoms with Gasteiger partial charge in [-0.1, -0.05) is 12.1 Å². The van der Waals surface area contributed by atoms with Gasteiger partial charge >= 0.3 is 0 Å². The number of nitrogens with one attached hydrogen (secondary N) is 1. The Labute approximate surface area is 182 Å². The Morgan fingerprint density at radius 2 is 1.45 bits per heavy atom. The molecule has 1 heterocycles. The lowest BCUT2D eigenvalue weighted by Gasteiger charge is -2.31. The van der Waals surface area contributed by atoms with Crippen molar-refractivity contribution < 1.29 is 28.5 Å². The summed E-state index contributed by atoms with van der Waals surface area (Å²) < 4.78 is 21.3. The molecule has 166 valence electrons. The van der Waals surface area contributed by atoms with E-state index in [0.717, 1.165) is 0 Å². The Hall–Kier alpha value is -3.42. The highest BCUT2D eigenvalue weighted by Gasteiger charge is 2.29. The van der Waals surface area contributed by atoms with Crippen molar-refractivity contribution in [2.75, 3.05) is 46.8 Å². The Kier molecular flexibility index (Phi) is 7.23. The highest BCUT2D eigenvalue weighted by molar-refractivity contribution is 5.97. The number of likely N-dealkylation sites (tertiary alicyclic amines) is 1. The smallest absolute Gasteiger partial charge is 0.254 e. The number of carbonyl (C=O) groups excluding carboxylic acids is 2. The molecular formula is C23H28N2O6. The summed E-state index contributed by atoms with van der Waals surface area (Å²) >= 11 is 0. The highest BCUT2D eigenvalue weighted by atomic mass is 16.5. The number of ether oxygens (including phenoxy) is 4. The number of amides is 2. The molecule has 2 amide bonds. The van der Waals surface area contributed by atoms with E-state index >= 15 is 0 Å². The maximum atomic E-state index is 13.0. The van der Waals surface area contributed by atoms with Crippen LogP contribution < -0.4 is 24.3 Å². The van der Waals surface area contributed by atoms with Crippen LogP contribution in [0.4, 0.5) is 5.69 Å². The zero-order valence-electron chi connectivity index (χ0n) is 18.3. The quantitative estimate of drug-likeness (QED) is 0.729. The van der Waals surface area contributed by atoms with Gasteiger partial charge in [-0.05, 0) is 37.1 Å². The van der Waals surface area contributed by atoms with Crippen molar-refractivity contribution in [2.24, 2.45) is 5.92 Å². The summed E-state index contributed by atoms with van der Waals surface area (Å²) in [6, 6.07) is 10.6. The minimum atomic E-state index is -0.172. The molecule has 1 fully saturated rings. The minimum absolute atomic E-state index is 0.0654. The van der Waals surface area contributed by atoms with Gasteiger partial charge in [-0.15, -0.1) is 0 Å². The van der Waals surface area contributed by atoms with E-state index in [0.29, 0.717) is 60.2 Å². The summed E-state index contributed by atoms with van der Waals surface area (Å²) in [7, 11) is 6.11. The van der Waals surface area contributed by atoms with Crippen LogP contribution in [0.15, 0.2) is 36.4 Å². The maximum Gasteiger partial charge on any atom is 0.254 e. The van der Waals surface area contributed by atoms with E-state index in [1.807, 2.05) is 12.1 Å². The van der Waals surface area contributed by atoms with Crippen molar-refractivity contribution in [3.05, 3.63) is 42.0 Å². The third-order valence-electron chi connectivity index (χ3n) is 5.43. The fourth-order valence-corrected chi connectivity index (χ4v) is 3.71. The monoisotopic (exact) mass is 428 g/mol. The molecule has 1 aliphatic rings. The molecule has 3 rings (SSSR count). The predicted molar refractivity (Wildman–Crippen MR) is 116 cm³/mol. The SMILES string of the molecule is COc1ccccc1NC(=O)C1CCN(C(=O)c2cc(OC)c(OC)c(OC)c2)CC1. The molecule has 0 saturated carbocycles. The Balaban J connectivity index is 1.65. The lowest BCUT2D eigenvalue weighted by Crippen LogP contribution is -2.41. The minimum Gasteiger partial charge on any atom is -0.495 e. The van der Waals surface area contributed by atoms with Crippen molar-refractivity contribution >= 4 is 17.5 Å². The van der Waals surface area contributed by atoms with Crippen LogP contribution in [-0.4, -0.2) is 58.2 Å². The molecule has 0 spiro atoms. The fourth-order valence-electron chi connectivity index (χ4n) is 3.71. The third-order valence-corrected chi connectivity index (χ3v) is 5.43. The van der Waals surface area contributed by atoms with Crippen LogP contribution in [0.1, 0.15) is 23.2 Å². The van der Waals surface area contributed by atoms with Crippen LogP contribution in [0.3, 0.4) is 0 Å². The van der Waals surface area contributed by atoms with Gasteiger partial charge in [-0.3, -0.25) is 9.59 Å². The molecule has 0 bridgehead atoms. The van der Waals surface area contributed by atoms with E-state index in [1.165, 1.54) is 21.3 Å². The van der Waals surface area contributed by atoms with Crippen LogP contribution in [0.2, 0.25) is 0 Å². The summed E-state index contributed by atoms with van der Waals surface area (Å²) in [4.78, 5) is 27.5. The number of hydrogen-bond acceptors (Lipinski definition) is 6. The summed E-state index contributed by atoms with van der Waals surface area (Å²) in [6.45, 7) is 0.971. The van der Waals surface area contributed by atoms with E-state index in [4.69, 9.17) is 18.9 Å². The third kappa shape index (κ3) is 4.84. The Bertz CT molecular complexity index is 912. The summed E-state index contributed by atoms with van der Waals surface area (Å²) in [6.07, 6.45) is 1.16. The number of piperidine rings is 1. The number of carbonyl (C=O) groups is 2. The van der Waals surface area contributed by atoms with Gasteiger partial charge in [0.25, 0.3) is 5.91 Å². The first-order valence-electron chi connectivity index (χ1n) is 10.1. The van der Waals surface area contributed by atoms with Crippen LogP contribution >= 0.6 is 0 Å². The second kappa shape index (κ2) is 10.1. The second-order valence-corrected chi connectivity index (χ2v) is 7.17. The largest absolute Gasteiger partial charge is 0.495 e. The van der Waals surface area contributed by atoms with E-state index in [2.05, 4.69) is 5.32 Å². The number of rotatable bonds is 7. The van der Waals surface area contributed by atoms with Crippen molar-refractivity contribution in [3.63, 3.8) is 0 Å². The van der Waals surface area contributed by atoms with Gasteiger partial charge in [0.05, 0.1) is 34.1 Å². The summed E-state index contributed by atoms with van der Waals surface area (Å²) in [5, 5.41) is 2.94. The van der Waals surface area contributed by atoms with Crippen molar-refractivity contribution in [1.29, 1.82) is 0 Å². The molecule has 0 unspecified atom stereocenters. The normalized spacial score (nSPS) is 14.0. The van der Waals surface area contributed by atoms with E-state index in [-0.39, 0.29) is 17.7 Å². The average Bonchev–Trinajstić information content (AvgIpc) is 2.82. The van der Waals surface area contributed by atoms with Crippen LogP contribution in [0.25, 0.3) is 0 Å². The van der Waals surface area contributed by atoms with Gasteiger partial charge in [0.1, 0.15) is 5.75 Å². The van der Waals surface area contributed by atoms with Gasteiger partial charge in [0.15, 0.2) is 11.5 Å². The van der Waals surface area contributed by atoms with E-state index in [1.54, 1.807) is 36.3 Å². The van der Waals surface area contributed by atoms with Gasteiger partial charge in [0.2, 0.25) is 11.7 Å². The number of para-hydroxylation sites is 2. The predicted octanol–water partition coefficient (Wildman–Crippen LogP) is 3.21. The molecule has 8 nitrogen and oxygen atoms in total. The van der Waals surface area contributed by atoms with E-state index in [9.17, 15) is 9.59 Å². The summed E-state index contributed by atoms with van der Waals surface area (Å²) in [5.41, 5.74) is 1.09. The molecule has 2 aromatic carbocycles. The molecule has 0 atom stereocenters. The number of nitrogens with zero attached hydrogens (tertiary/aromatic N) is 1. The number of hydrogen-bond donors (Lipinski definition) is 1. The average molecular weight is 428 g/mol. The number of anilines is 1. The van der Waals surface area contributed by atoms with Gasteiger partial charge < -0.3 is 29.2 Å². The van der Waals surface area contributed by atoms with Crippen molar-refractivity contribution in [3.8, 4) is 23.0 Å². The fraction of sp³-hybridized carbons (Fsp3) is 0.391. The van der Waals surface area contributed by atoms with Crippen LogP contribution in [0.5, 0.6) is 23.0 Å². The standard InChI is InChI=1S/C23H28N2O6/c1-28-18-8-6-5-7-17(18)24-22(26)15-9-11-25(12-10-15)23(27)16-13-19(29-2)21(31-4)20(14-16)30-3/h5-8,13-15H,9-12H2,1-4H3,(H,24,26). The molecule has 1 saturated heterocycles. The van der Waals surface area contributed by atoms with E-state index < -0.39 is 0 Å². The second-order valence-electron chi connectivity index (χ2n) is 7.17. The first-order valence-corrected chi connectivity index (χ1v) is 10.1. The zero-order valence-corrected chi connectivity index (χ0v) is 18.3. The zero-order chi connectivity index (χ0) is 22.4. The molecule has 0 aliphatic carbocycles. The van der Waals surface area contributed by atoms with Gasteiger partial charge in [-0.25, -0.2) is 0 Å². The molecule has 8 heteroatoms. The van der Waals surface area contributed by atoms with Crippen LogP contribution in [0, 0.1) is 5.92 Å². The first kappa shape index (κ1) is 22.3. The Morgan fingerprint density at radius 3 is 2.00 bits per heavy atom. The topological polar surface area (TPSA) is 86.3 Å². The molecule has 0 aromatic heterocycles. The van der Waals surface area contributed by atoms with Crippen molar-refractivity contribution in [1.82, 2.24) is 4.90 Å². The number of methoxy groups -OCH3 is 4. The van der Waals surface area contributed by atoms with Crippen molar-refractivity contribution in [2.45, 2.75) is 12.8 Å². The molecule has 2 aromatic rings. The maximum absolute atomic E-state index is 13.0. The molecule has 31 heavy (non-hydrogen) atoms. The highest BCUT2D eigenvalue weighted by Crippen LogP contribution is 2.38. The molecule has 1 aliphatic heterocycles. The lowest BCUT2D eigenvalue weighted by atomic mass is 9.95. The molecular weight excluding hydrogens is 400 g/mol. The molecule has 1 N–H and O–H groups in total. The first-order chi connectivity index (χ1) is 15.0.